The molecule has 0 bridgehead atoms. The summed E-state index contributed by atoms with van der Waals surface area (Å²) in [6.07, 6.45) is 2.11. The summed E-state index contributed by atoms with van der Waals surface area (Å²) < 4.78 is 41.5. The second-order valence-corrected chi connectivity index (χ2v) is 8.83. The molecule has 0 aliphatic heterocycles. The average Bonchev–Trinajstić information content (AvgIpc) is 2.92. The van der Waals surface area contributed by atoms with Gasteiger partial charge in [0, 0.05) is 29.3 Å². The van der Waals surface area contributed by atoms with Gasteiger partial charge in [0.15, 0.2) is 0 Å². The van der Waals surface area contributed by atoms with E-state index in [1.165, 1.54) is 50.5 Å². The highest BCUT2D eigenvalue weighted by Crippen LogP contribution is 2.39. The van der Waals surface area contributed by atoms with Gasteiger partial charge < -0.3 is 17.3 Å². The molecule has 0 unspecified atom stereocenters. The van der Waals surface area contributed by atoms with Gasteiger partial charge in [0.05, 0.1) is 5.56 Å². The third-order valence-electron chi connectivity index (χ3n) is 6.44. The Morgan fingerprint density at radius 1 is 0.541 bits per heavy atom. The zero-order valence-electron chi connectivity index (χ0n) is 20.0. The summed E-state index contributed by atoms with van der Waals surface area (Å²) in [6, 6.07) is 43.7. The van der Waals surface area contributed by atoms with E-state index in [0.717, 1.165) is 12.8 Å². The van der Waals surface area contributed by atoms with Crippen LogP contribution in [0, 0.1) is 0 Å². The number of rotatable bonds is 3. The second-order valence-electron chi connectivity index (χ2n) is 8.83. The first-order valence-corrected chi connectivity index (χ1v) is 12.1. The Morgan fingerprint density at radius 2 is 1.05 bits per heavy atom. The number of benzene rings is 4. The van der Waals surface area contributed by atoms with Crippen LogP contribution in [-0.4, -0.2) is 7.25 Å². The predicted molar refractivity (Wildman–Crippen MR) is 142 cm³/mol. The molecular weight excluding hydrogens is 473 g/mol. The molecule has 0 spiro atoms. The van der Waals surface area contributed by atoms with E-state index >= 15 is 0 Å². The van der Waals surface area contributed by atoms with Crippen molar-refractivity contribution >= 4 is 7.25 Å². The van der Waals surface area contributed by atoms with Gasteiger partial charge in [0.1, 0.15) is 0 Å². The lowest BCUT2D eigenvalue weighted by molar-refractivity contribution is -0.572. The standard InChI is InChI=1S/C31H24N.BF4/c1-4-12-23(13-5-1)29-22-30(25-15-6-2-7-16-25)32(26-17-8-3-9-18-26)31-27-19-11-10-14-24(27)20-21-28(29)31;2-1(3,4)5/h1-19,22H,20-21H2;/q+1;-1. The lowest BCUT2D eigenvalue weighted by Crippen LogP contribution is -2.39. The number of halogens is 4. The Balaban J connectivity index is 0.000000514. The van der Waals surface area contributed by atoms with Crippen molar-refractivity contribution in [2.75, 3.05) is 0 Å². The molecule has 6 heteroatoms. The molecule has 4 aromatic carbocycles. The van der Waals surface area contributed by atoms with Gasteiger partial charge in [-0.05, 0) is 47.7 Å². The lowest BCUT2D eigenvalue weighted by atomic mass is 9.83. The van der Waals surface area contributed by atoms with E-state index in [1.807, 2.05) is 0 Å². The van der Waals surface area contributed by atoms with Crippen molar-refractivity contribution in [2.24, 2.45) is 0 Å². The number of nitrogens with zero attached hydrogens (tertiary/aromatic N) is 1. The molecular formula is C31H24BF4N. The van der Waals surface area contributed by atoms with Crippen LogP contribution in [0.3, 0.4) is 0 Å². The molecule has 0 saturated heterocycles. The van der Waals surface area contributed by atoms with Crippen molar-refractivity contribution in [3.8, 4) is 39.3 Å². The maximum absolute atomic E-state index is 9.75. The maximum Gasteiger partial charge on any atom is 0.673 e. The molecule has 0 fully saturated rings. The van der Waals surface area contributed by atoms with E-state index in [9.17, 15) is 17.3 Å². The fraction of sp³-hybridized carbons (Fsp3) is 0.0645. The van der Waals surface area contributed by atoms with E-state index in [1.54, 1.807) is 0 Å². The third kappa shape index (κ3) is 5.48. The number of hydrogen-bond donors (Lipinski definition) is 0. The predicted octanol–water partition coefficient (Wildman–Crippen LogP) is 8.36. The van der Waals surface area contributed by atoms with E-state index < -0.39 is 7.25 Å². The zero-order chi connectivity index (χ0) is 25.8. The molecule has 1 heterocycles. The first-order valence-electron chi connectivity index (χ1n) is 12.1. The van der Waals surface area contributed by atoms with Crippen LogP contribution >= 0.6 is 0 Å². The Labute approximate surface area is 213 Å². The van der Waals surface area contributed by atoms with Crippen LogP contribution in [0.1, 0.15) is 11.1 Å². The van der Waals surface area contributed by atoms with Crippen LogP contribution in [0.25, 0.3) is 39.3 Å². The summed E-state index contributed by atoms with van der Waals surface area (Å²) in [6.45, 7) is 0. The van der Waals surface area contributed by atoms with Gasteiger partial charge in [-0.1, -0.05) is 84.9 Å². The molecule has 1 aliphatic rings. The van der Waals surface area contributed by atoms with Crippen molar-refractivity contribution < 1.29 is 21.8 Å². The number of para-hydroxylation sites is 1. The molecule has 0 N–H and O–H groups in total. The average molecular weight is 497 g/mol. The highest BCUT2D eigenvalue weighted by molar-refractivity contribution is 6.50. The molecule has 1 aromatic heterocycles. The van der Waals surface area contributed by atoms with Crippen molar-refractivity contribution in [3.63, 3.8) is 0 Å². The van der Waals surface area contributed by atoms with Crippen LogP contribution in [-0.2, 0) is 12.8 Å². The molecule has 184 valence electrons. The Hall–Kier alpha value is -4.19. The van der Waals surface area contributed by atoms with Gasteiger partial charge in [-0.2, -0.15) is 4.57 Å². The molecule has 1 aliphatic carbocycles. The van der Waals surface area contributed by atoms with Crippen molar-refractivity contribution in [2.45, 2.75) is 12.8 Å². The van der Waals surface area contributed by atoms with Crippen LogP contribution in [0.5, 0.6) is 0 Å². The number of fused-ring (bicyclic) bond motifs is 3. The van der Waals surface area contributed by atoms with Gasteiger partial charge in [-0.3, -0.25) is 0 Å². The van der Waals surface area contributed by atoms with Gasteiger partial charge in [0.25, 0.3) is 0 Å². The van der Waals surface area contributed by atoms with Crippen LogP contribution in [0.4, 0.5) is 17.3 Å². The van der Waals surface area contributed by atoms with E-state index in [2.05, 4.69) is 126 Å². The summed E-state index contributed by atoms with van der Waals surface area (Å²) >= 11 is 0. The quantitative estimate of drug-likeness (QED) is 0.134. The maximum atomic E-state index is 9.75. The Morgan fingerprint density at radius 3 is 1.68 bits per heavy atom. The molecule has 37 heavy (non-hydrogen) atoms. The topological polar surface area (TPSA) is 3.88 Å². The van der Waals surface area contributed by atoms with Crippen molar-refractivity contribution in [1.29, 1.82) is 0 Å². The van der Waals surface area contributed by atoms with Crippen LogP contribution in [0.2, 0.25) is 0 Å². The largest absolute Gasteiger partial charge is 0.673 e. The minimum atomic E-state index is -6.00. The monoisotopic (exact) mass is 497 g/mol. The number of hydrogen-bond acceptors (Lipinski definition) is 0. The summed E-state index contributed by atoms with van der Waals surface area (Å²) in [4.78, 5) is 0. The third-order valence-corrected chi connectivity index (χ3v) is 6.44. The normalized spacial score (nSPS) is 12.1. The van der Waals surface area contributed by atoms with E-state index in [4.69, 9.17) is 0 Å². The molecule has 6 rings (SSSR count). The Kier molecular flexibility index (Phi) is 6.91. The second kappa shape index (κ2) is 10.4. The SMILES string of the molecule is F[B-](F)(F)F.c1ccc(-c2cc(-c3ccccc3)[n+](-c3ccccc3)c3c2CCc2ccccc2-3)cc1. The minimum absolute atomic E-state index is 1.04. The summed E-state index contributed by atoms with van der Waals surface area (Å²) in [5, 5.41) is 0. The summed E-state index contributed by atoms with van der Waals surface area (Å²) in [5.41, 5.74) is 11.8. The van der Waals surface area contributed by atoms with Gasteiger partial charge in [0.2, 0.25) is 17.1 Å². The molecule has 1 nitrogen and oxygen atoms in total. The fourth-order valence-electron chi connectivity index (χ4n) is 4.98. The first-order chi connectivity index (χ1) is 17.9. The number of aromatic nitrogens is 1. The smallest absolute Gasteiger partial charge is 0.418 e. The summed E-state index contributed by atoms with van der Waals surface area (Å²) in [7, 11) is -6.00. The minimum Gasteiger partial charge on any atom is -0.418 e. The molecule has 0 atom stereocenters. The van der Waals surface area contributed by atoms with E-state index in [0.29, 0.717) is 0 Å². The zero-order valence-corrected chi connectivity index (χ0v) is 20.0. The van der Waals surface area contributed by atoms with E-state index in [-0.39, 0.29) is 0 Å². The van der Waals surface area contributed by atoms with Crippen molar-refractivity contribution in [3.05, 3.63) is 132 Å². The van der Waals surface area contributed by atoms with Gasteiger partial charge in [-0.25, -0.2) is 0 Å². The number of pyridine rings is 1. The molecule has 0 saturated carbocycles. The molecule has 0 amide bonds. The highest BCUT2D eigenvalue weighted by Gasteiger charge is 2.33. The molecule has 5 aromatic rings. The van der Waals surface area contributed by atoms with Gasteiger partial charge >= 0.3 is 7.25 Å². The van der Waals surface area contributed by atoms with Crippen molar-refractivity contribution in [1.82, 2.24) is 0 Å². The highest BCUT2D eigenvalue weighted by atomic mass is 19.5. The van der Waals surface area contributed by atoms with Crippen LogP contribution in [0.15, 0.2) is 121 Å². The first kappa shape index (κ1) is 24.5. The fourth-order valence-corrected chi connectivity index (χ4v) is 4.98. The summed E-state index contributed by atoms with van der Waals surface area (Å²) in [5.74, 6) is 0. The molecule has 0 radical (unpaired) electrons. The Bertz CT molecular complexity index is 1500. The number of aryl methyl sites for hydroxylation is 1. The van der Waals surface area contributed by atoms with Gasteiger partial charge in [-0.15, -0.1) is 0 Å². The lowest BCUT2D eigenvalue weighted by Gasteiger charge is -2.22. The van der Waals surface area contributed by atoms with Crippen LogP contribution < -0.4 is 4.57 Å².